The first-order chi connectivity index (χ1) is 11.4. The van der Waals surface area contributed by atoms with Gasteiger partial charge in [-0.25, -0.2) is 4.79 Å². The summed E-state index contributed by atoms with van der Waals surface area (Å²) in [4.78, 5) is 28.0. The number of Topliss-reactive ketones (excluding diaryl/α,β-unsaturated/α-hetero) is 1. The van der Waals surface area contributed by atoms with E-state index < -0.39 is 5.97 Å². The highest BCUT2D eigenvalue weighted by Gasteiger charge is 2.36. The van der Waals surface area contributed by atoms with Gasteiger partial charge in [-0.05, 0) is 42.5 Å². The van der Waals surface area contributed by atoms with Gasteiger partial charge in [0.15, 0.2) is 5.78 Å². The molecule has 0 unspecified atom stereocenters. The number of ketones is 1. The number of carbonyl (C=O) groups excluding carboxylic acids is 2. The lowest BCUT2D eigenvalue weighted by molar-refractivity contribution is -0.118. The molecule has 1 N–H and O–H groups in total. The molecule has 0 radical (unpaired) electrons. The molecule has 0 fully saturated rings. The molecule has 2 rings (SSSR count). The fourth-order valence-electron chi connectivity index (χ4n) is 2.95. The Labute approximate surface area is 142 Å². The number of nitrogens with zero attached hydrogens (tertiary/aromatic N) is 1. The number of carbonyl (C=O) groups is 2. The summed E-state index contributed by atoms with van der Waals surface area (Å²) in [5.74, 6) is -0.369. The van der Waals surface area contributed by atoms with Crippen molar-refractivity contribution in [3.63, 3.8) is 0 Å². The molecule has 0 saturated heterocycles. The van der Waals surface area contributed by atoms with Crippen molar-refractivity contribution in [1.82, 2.24) is 0 Å². The summed E-state index contributed by atoms with van der Waals surface area (Å²) in [7, 11) is 1.32. The second-order valence-electron chi connectivity index (χ2n) is 6.14. The lowest BCUT2D eigenvalue weighted by Gasteiger charge is -2.34. The Kier molecular flexibility index (Phi) is 5.54. The molecule has 0 bridgehead atoms. The number of allylic oxidation sites excluding steroid dienone is 2. The molecule has 0 amide bonds. The van der Waals surface area contributed by atoms with Crippen molar-refractivity contribution in [3.8, 4) is 0 Å². The first kappa shape index (κ1) is 17.9. The van der Waals surface area contributed by atoms with E-state index in [1.54, 1.807) is 24.3 Å². The van der Waals surface area contributed by atoms with Gasteiger partial charge in [-0.2, -0.15) is 0 Å². The highest BCUT2D eigenvalue weighted by Crippen LogP contribution is 2.41. The van der Waals surface area contributed by atoms with Crippen LogP contribution < -0.4 is 0 Å². The van der Waals surface area contributed by atoms with Gasteiger partial charge in [0.05, 0.1) is 23.9 Å². The molecule has 128 valence electrons. The van der Waals surface area contributed by atoms with Crippen LogP contribution in [0.5, 0.6) is 0 Å². The molecule has 1 aliphatic carbocycles. The molecule has 5 heteroatoms. The first-order valence-electron chi connectivity index (χ1n) is 8.12. The monoisotopic (exact) mass is 329 g/mol. The smallest absolute Gasteiger partial charge is 0.337 e. The molecule has 1 aromatic carbocycles. The Morgan fingerprint density at radius 3 is 2.38 bits per heavy atom. The Morgan fingerprint density at radius 2 is 1.88 bits per heavy atom. The average Bonchev–Trinajstić information content (AvgIpc) is 2.60. The van der Waals surface area contributed by atoms with Crippen LogP contribution in [0.2, 0.25) is 0 Å². The van der Waals surface area contributed by atoms with Crippen LogP contribution in [0.1, 0.15) is 49.9 Å². The fraction of sp³-hybridized carbons (Fsp3) is 0.421. The van der Waals surface area contributed by atoms with E-state index in [4.69, 9.17) is 0 Å². The molecule has 0 aromatic heterocycles. The molecule has 0 saturated carbocycles. The van der Waals surface area contributed by atoms with E-state index in [9.17, 15) is 14.7 Å². The number of hydrogen-bond donors (Lipinski definition) is 1. The van der Waals surface area contributed by atoms with Gasteiger partial charge in [0.25, 0.3) is 0 Å². The van der Waals surface area contributed by atoms with Crippen LogP contribution in [0.25, 0.3) is 0 Å². The number of ether oxygens (including phenoxy) is 1. The number of esters is 1. The number of aliphatic imine (C=N–C) groups is 1. The summed E-state index contributed by atoms with van der Waals surface area (Å²) >= 11 is 0. The molecule has 0 spiro atoms. The van der Waals surface area contributed by atoms with E-state index in [1.807, 2.05) is 13.8 Å². The van der Waals surface area contributed by atoms with Gasteiger partial charge in [0, 0.05) is 19.1 Å². The van der Waals surface area contributed by atoms with E-state index in [2.05, 4.69) is 9.73 Å². The van der Waals surface area contributed by atoms with Crippen molar-refractivity contribution in [1.29, 1.82) is 0 Å². The minimum atomic E-state index is -0.413. The predicted molar refractivity (Wildman–Crippen MR) is 92.8 cm³/mol. The molecule has 5 nitrogen and oxygen atoms in total. The standard InChI is InChI=1S/C19H23NO4/c1-4-19(5-2)10-16(21)15(17(22)11-19)12-20-14-8-6-13(7-9-14)18(23)24-3/h6-9,12,21H,4-5,10-11H2,1-3H3. The molecule has 0 aliphatic heterocycles. The maximum Gasteiger partial charge on any atom is 0.337 e. The quantitative estimate of drug-likeness (QED) is 0.650. The summed E-state index contributed by atoms with van der Waals surface area (Å²) < 4.78 is 4.64. The molecular weight excluding hydrogens is 306 g/mol. The number of rotatable bonds is 5. The number of benzene rings is 1. The third-order valence-corrected chi connectivity index (χ3v) is 4.82. The normalized spacial score (nSPS) is 17.4. The number of hydrogen-bond acceptors (Lipinski definition) is 5. The minimum Gasteiger partial charge on any atom is -0.511 e. The Hall–Kier alpha value is -2.43. The summed E-state index contributed by atoms with van der Waals surface area (Å²) in [6.45, 7) is 4.10. The van der Waals surface area contributed by atoms with Crippen molar-refractivity contribution in [2.24, 2.45) is 10.4 Å². The maximum absolute atomic E-state index is 12.4. The van der Waals surface area contributed by atoms with Gasteiger partial charge in [0.2, 0.25) is 0 Å². The van der Waals surface area contributed by atoms with Crippen molar-refractivity contribution in [2.75, 3.05) is 7.11 Å². The summed E-state index contributed by atoms with van der Waals surface area (Å²) in [5, 5.41) is 10.3. The van der Waals surface area contributed by atoms with Crippen molar-refractivity contribution in [3.05, 3.63) is 41.2 Å². The maximum atomic E-state index is 12.4. The van der Waals surface area contributed by atoms with Gasteiger partial charge < -0.3 is 9.84 Å². The summed E-state index contributed by atoms with van der Waals surface area (Å²) in [5.41, 5.74) is 1.17. The third kappa shape index (κ3) is 3.72. The van der Waals surface area contributed by atoms with Crippen LogP contribution in [-0.4, -0.2) is 30.2 Å². The van der Waals surface area contributed by atoms with Crippen molar-refractivity contribution < 1.29 is 19.4 Å². The summed E-state index contributed by atoms with van der Waals surface area (Å²) in [6, 6.07) is 6.54. The second kappa shape index (κ2) is 7.43. The third-order valence-electron chi connectivity index (χ3n) is 4.82. The highest BCUT2D eigenvalue weighted by atomic mass is 16.5. The van der Waals surface area contributed by atoms with Crippen molar-refractivity contribution in [2.45, 2.75) is 39.5 Å². The Bertz CT molecular complexity index is 682. The predicted octanol–water partition coefficient (Wildman–Crippen LogP) is 4.16. The fourth-order valence-corrected chi connectivity index (χ4v) is 2.95. The average molecular weight is 329 g/mol. The van der Waals surface area contributed by atoms with Gasteiger partial charge >= 0.3 is 5.97 Å². The van der Waals surface area contributed by atoms with Crippen LogP contribution >= 0.6 is 0 Å². The van der Waals surface area contributed by atoms with E-state index in [0.717, 1.165) is 12.8 Å². The van der Waals surface area contributed by atoms with Gasteiger partial charge in [-0.15, -0.1) is 0 Å². The molecule has 24 heavy (non-hydrogen) atoms. The van der Waals surface area contributed by atoms with Crippen molar-refractivity contribution >= 4 is 23.7 Å². The van der Waals surface area contributed by atoms with Crippen LogP contribution in [0.3, 0.4) is 0 Å². The number of aliphatic hydroxyl groups is 1. The lowest BCUT2D eigenvalue weighted by Crippen LogP contribution is -2.30. The zero-order valence-corrected chi connectivity index (χ0v) is 14.3. The molecule has 0 atom stereocenters. The molecule has 1 aliphatic rings. The van der Waals surface area contributed by atoms with Gasteiger partial charge in [-0.3, -0.25) is 9.79 Å². The first-order valence-corrected chi connectivity index (χ1v) is 8.12. The molecule has 1 aromatic rings. The molecular formula is C19H23NO4. The largest absolute Gasteiger partial charge is 0.511 e. The Morgan fingerprint density at radius 1 is 1.25 bits per heavy atom. The zero-order valence-electron chi connectivity index (χ0n) is 14.3. The lowest BCUT2D eigenvalue weighted by atomic mass is 9.70. The van der Waals surface area contributed by atoms with E-state index >= 15 is 0 Å². The van der Waals surface area contributed by atoms with Gasteiger partial charge in [0.1, 0.15) is 5.76 Å². The van der Waals surface area contributed by atoms with Crippen LogP contribution in [0.15, 0.2) is 40.6 Å². The second-order valence-corrected chi connectivity index (χ2v) is 6.14. The van der Waals surface area contributed by atoms with Crippen LogP contribution in [-0.2, 0) is 9.53 Å². The SMILES string of the molecule is CCC1(CC)CC(=O)C(C=Nc2ccc(C(=O)OC)cc2)=C(O)C1. The van der Waals surface area contributed by atoms with Crippen LogP contribution in [0.4, 0.5) is 5.69 Å². The number of aliphatic hydroxyl groups excluding tert-OH is 1. The summed E-state index contributed by atoms with van der Waals surface area (Å²) in [6.07, 6.45) is 4.08. The topological polar surface area (TPSA) is 76.0 Å². The zero-order chi connectivity index (χ0) is 17.7. The van der Waals surface area contributed by atoms with Gasteiger partial charge in [-0.1, -0.05) is 13.8 Å². The molecule has 0 heterocycles. The highest BCUT2D eigenvalue weighted by molar-refractivity contribution is 6.15. The minimum absolute atomic E-state index is 0.0719. The van der Waals surface area contributed by atoms with Crippen LogP contribution in [0, 0.1) is 5.41 Å². The Balaban J connectivity index is 2.19. The van der Waals surface area contributed by atoms with E-state index in [1.165, 1.54) is 13.3 Å². The van der Waals surface area contributed by atoms with E-state index in [-0.39, 0.29) is 22.5 Å². The van der Waals surface area contributed by atoms with E-state index in [0.29, 0.717) is 24.1 Å². The number of methoxy groups -OCH3 is 1.